The Hall–Kier alpha value is -2.44. The number of aliphatic hydroxyl groups excluding tert-OH is 1. The molecular formula is C15H15N3O2S. The van der Waals surface area contributed by atoms with E-state index in [9.17, 15) is 10.2 Å². The summed E-state index contributed by atoms with van der Waals surface area (Å²) in [6.45, 7) is -0.0158. The monoisotopic (exact) mass is 301 g/mol. The van der Waals surface area contributed by atoms with Crippen LogP contribution in [0.25, 0.3) is 11.1 Å². The molecule has 2 aromatic rings. The molecule has 0 bridgehead atoms. The summed E-state index contributed by atoms with van der Waals surface area (Å²) in [4.78, 5) is 0. The number of hydrazone groups is 1. The first kappa shape index (κ1) is 15.0. The Labute approximate surface area is 127 Å². The summed E-state index contributed by atoms with van der Waals surface area (Å²) in [5.74, 6) is 0.102. The zero-order valence-corrected chi connectivity index (χ0v) is 12.0. The minimum absolute atomic E-state index is 0.0158. The molecule has 0 aliphatic heterocycles. The van der Waals surface area contributed by atoms with Crippen LogP contribution in [-0.2, 0) is 6.61 Å². The average molecular weight is 301 g/mol. The Kier molecular flexibility index (Phi) is 4.86. The van der Waals surface area contributed by atoms with Crippen LogP contribution in [-0.4, -0.2) is 21.5 Å². The maximum atomic E-state index is 9.82. The van der Waals surface area contributed by atoms with E-state index in [0.717, 1.165) is 16.7 Å². The van der Waals surface area contributed by atoms with Crippen LogP contribution in [0.2, 0.25) is 0 Å². The van der Waals surface area contributed by atoms with Gasteiger partial charge in [-0.05, 0) is 47.1 Å². The number of thiocarbonyl (C=S) groups is 1. The standard InChI is InChI=1S/C15H15N3O2S/c16-15(21)18-17-8-13-7-12(4-5-14(13)20)11-3-1-2-10(6-11)9-19/h1-8,19-20H,9H2,(H3,16,18,21). The zero-order chi connectivity index (χ0) is 15.2. The highest BCUT2D eigenvalue weighted by Crippen LogP contribution is 2.25. The molecule has 5 nitrogen and oxygen atoms in total. The molecule has 2 rings (SSSR count). The first-order valence-corrected chi connectivity index (χ1v) is 6.62. The Morgan fingerprint density at radius 3 is 2.71 bits per heavy atom. The molecule has 0 heterocycles. The van der Waals surface area contributed by atoms with Gasteiger partial charge < -0.3 is 15.9 Å². The topological polar surface area (TPSA) is 90.9 Å². The summed E-state index contributed by atoms with van der Waals surface area (Å²) in [5, 5.41) is 22.9. The molecule has 0 aromatic heterocycles. The van der Waals surface area contributed by atoms with Crippen molar-refractivity contribution in [1.82, 2.24) is 5.43 Å². The van der Waals surface area contributed by atoms with E-state index in [0.29, 0.717) is 5.56 Å². The van der Waals surface area contributed by atoms with Crippen molar-refractivity contribution in [1.29, 1.82) is 0 Å². The molecule has 0 aliphatic rings. The number of hydrogen-bond acceptors (Lipinski definition) is 4. The van der Waals surface area contributed by atoms with Gasteiger partial charge in [0.25, 0.3) is 0 Å². The van der Waals surface area contributed by atoms with E-state index in [-0.39, 0.29) is 17.5 Å². The van der Waals surface area contributed by atoms with Crippen molar-refractivity contribution in [2.45, 2.75) is 6.61 Å². The largest absolute Gasteiger partial charge is 0.507 e. The molecule has 0 atom stereocenters. The third-order valence-electron chi connectivity index (χ3n) is 2.85. The van der Waals surface area contributed by atoms with E-state index in [4.69, 9.17) is 5.73 Å². The molecule has 0 saturated carbocycles. The third kappa shape index (κ3) is 4.01. The number of hydrogen-bond donors (Lipinski definition) is 4. The van der Waals surface area contributed by atoms with E-state index in [2.05, 4.69) is 22.7 Å². The van der Waals surface area contributed by atoms with Gasteiger partial charge in [0, 0.05) is 5.56 Å². The summed E-state index contributed by atoms with van der Waals surface area (Å²) in [6.07, 6.45) is 1.44. The van der Waals surface area contributed by atoms with Gasteiger partial charge in [-0.15, -0.1) is 0 Å². The van der Waals surface area contributed by atoms with Gasteiger partial charge in [-0.25, -0.2) is 0 Å². The summed E-state index contributed by atoms with van der Waals surface area (Å²) < 4.78 is 0. The molecule has 0 spiro atoms. The fourth-order valence-electron chi connectivity index (χ4n) is 1.85. The van der Waals surface area contributed by atoms with Crippen LogP contribution in [0, 0.1) is 0 Å². The van der Waals surface area contributed by atoms with Gasteiger partial charge in [0.2, 0.25) is 0 Å². The SMILES string of the molecule is NC(=S)NN=Cc1cc(-c2cccc(CO)c2)ccc1O. The van der Waals surface area contributed by atoms with Crippen molar-refractivity contribution < 1.29 is 10.2 Å². The molecule has 0 amide bonds. The number of nitrogens with zero attached hydrogens (tertiary/aromatic N) is 1. The molecule has 6 heteroatoms. The lowest BCUT2D eigenvalue weighted by Gasteiger charge is -2.06. The summed E-state index contributed by atoms with van der Waals surface area (Å²) in [5.41, 5.74) is 10.9. The van der Waals surface area contributed by atoms with Crippen LogP contribution < -0.4 is 11.2 Å². The molecule has 0 saturated heterocycles. The van der Waals surface area contributed by atoms with Crippen LogP contribution >= 0.6 is 12.2 Å². The number of benzene rings is 2. The highest BCUT2D eigenvalue weighted by Gasteiger charge is 2.04. The smallest absolute Gasteiger partial charge is 0.184 e. The normalized spacial score (nSPS) is 10.7. The van der Waals surface area contributed by atoms with E-state index in [1.54, 1.807) is 18.2 Å². The number of nitrogens with one attached hydrogen (secondary N) is 1. The molecule has 0 radical (unpaired) electrons. The van der Waals surface area contributed by atoms with Crippen LogP contribution in [0.1, 0.15) is 11.1 Å². The van der Waals surface area contributed by atoms with Crippen LogP contribution in [0.5, 0.6) is 5.75 Å². The van der Waals surface area contributed by atoms with Crippen LogP contribution in [0.4, 0.5) is 0 Å². The van der Waals surface area contributed by atoms with E-state index in [1.165, 1.54) is 6.21 Å². The fraction of sp³-hybridized carbons (Fsp3) is 0.0667. The highest BCUT2D eigenvalue weighted by atomic mass is 32.1. The second-order valence-electron chi connectivity index (χ2n) is 4.37. The molecule has 0 unspecified atom stereocenters. The first-order valence-electron chi connectivity index (χ1n) is 6.22. The van der Waals surface area contributed by atoms with E-state index in [1.807, 2.05) is 24.3 Å². The van der Waals surface area contributed by atoms with Gasteiger partial charge in [-0.1, -0.05) is 24.3 Å². The number of nitrogens with two attached hydrogens (primary N) is 1. The summed E-state index contributed by atoms with van der Waals surface area (Å²) >= 11 is 4.64. The summed E-state index contributed by atoms with van der Waals surface area (Å²) in [7, 11) is 0. The van der Waals surface area contributed by atoms with Crippen molar-refractivity contribution in [3.63, 3.8) is 0 Å². The van der Waals surface area contributed by atoms with Gasteiger partial charge in [-0.3, -0.25) is 5.43 Å². The lowest BCUT2D eigenvalue weighted by Crippen LogP contribution is -2.23. The van der Waals surface area contributed by atoms with Crippen molar-refractivity contribution in [3.8, 4) is 16.9 Å². The molecule has 2 aromatic carbocycles. The predicted molar refractivity (Wildman–Crippen MR) is 87.0 cm³/mol. The number of aliphatic hydroxyl groups is 1. The Balaban J connectivity index is 2.33. The van der Waals surface area contributed by atoms with Crippen molar-refractivity contribution in [2.75, 3.05) is 0 Å². The quantitative estimate of drug-likeness (QED) is 0.392. The second-order valence-corrected chi connectivity index (χ2v) is 4.81. The molecule has 0 fully saturated rings. The third-order valence-corrected chi connectivity index (χ3v) is 2.94. The predicted octanol–water partition coefficient (Wildman–Crippen LogP) is 1.72. The van der Waals surface area contributed by atoms with Crippen LogP contribution in [0.3, 0.4) is 0 Å². The number of rotatable bonds is 4. The lowest BCUT2D eigenvalue weighted by molar-refractivity contribution is 0.282. The van der Waals surface area contributed by atoms with Gasteiger partial charge in [0.1, 0.15) is 5.75 Å². The maximum absolute atomic E-state index is 9.82. The van der Waals surface area contributed by atoms with Gasteiger partial charge >= 0.3 is 0 Å². The van der Waals surface area contributed by atoms with E-state index >= 15 is 0 Å². The molecule has 5 N–H and O–H groups in total. The first-order chi connectivity index (χ1) is 10.1. The fourth-order valence-corrected chi connectivity index (χ4v) is 1.90. The van der Waals surface area contributed by atoms with E-state index < -0.39 is 0 Å². The van der Waals surface area contributed by atoms with Crippen molar-refractivity contribution in [3.05, 3.63) is 53.6 Å². The molecule has 0 aliphatic carbocycles. The summed E-state index contributed by atoms with van der Waals surface area (Å²) in [6, 6.07) is 12.7. The Bertz CT molecular complexity index is 686. The van der Waals surface area contributed by atoms with Crippen molar-refractivity contribution in [2.24, 2.45) is 10.8 Å². The average Bonchev–Trinajstić information content (AvgIpc) is 2.49. The second kappa shape index (κ2) is 6.83. The number of aromatic hydroxyl groups is 1. The Morgan fingerprint density at radius 2 is 2.00 bits per heavy atom. The molecule has 108 valence electrons. The van der Waals surface area contributed by atoms with Gasteiger partial charge in [0.15, 0.2) is 5.11 Å². The number of phenolic OH excluding ortho intramolecular Hbond substituents is 1. The zero-order valence-electron chi connectivity index (χ0n) is 11.2. The Morgan fingerprint density at radius 1 is 1.24 bits per heavy atom. The van der Waals surface area contributed by atoms with Crippen LogP contribution in [0.15, 0.2) is 47.6 Å². The lowest BCUT2D eigenvalue weighted by atomic mass is 10.0. The maximum Gasteiger partial charge on any atom is 0.184 e. The van der Waals surface area contributed by atoms with Gasteiger partial charge in [0.05, 0.1) is 12.8 Å². The minimum Gasteiger partial charge on any atom is -0.507 e. The highest BCUT2D eigenvalue weighted by molar-refractivity contribution is 7.80. The van der Waals surface area contributed by atoms with Crippen molar-refractivity contribution >= 4 is 23.5 Å². The number of phenols is 1. The minimum atomic E-state index is -0.0158. The molecular weight excluding hydrogens is 286 g/mol. The molecule has 21 heavy (non-hydrogen) atoms. The van der Waals surface area contributed by atoms with Gasteiger partial charge in [-0.2, -0.15) is 5.10 Å².